The zero-order valence-corrected chi connectivity index (χ0v) is 11.5. The highest BCUT2D eigenvalue weighted by Gasteiger charge is 2.17. The van der Waals surface area contributed by atoms with Gasteiger partial charge in [-0.15, -0.1) is 0 Å². The number of alkyl halides is 2. The van der Waals surface area contributed by atoms with E-state index in [0.29, 0.717) is 18.0 Å². The first-order valence-electron chi connectivity index (χ1n) is 7.15. The second-order valence-electron chi connectivity index (χ2n) is 5.17. The Balaban J connectivity index is 2.22. The van der Waals surface area contributed by atoms with Crippen LogP contribution in [-0.2, 0) is 0 Å². The number of ether oxygens (including phenoxy) is 1. The summed E-state index contributed by atoms with van der Waals surface area (Å²) in [4.78, 5) is 0. The molecule has 2 N–H and O–H groups in total. The lowest BCUT2D eigenvalue weighted by Gasteiger charge is -2.24. The lowest BCUT2D eigenvalue weighted by Crippen LogP contribution is -2.16. The Labute approximate surface area is 118 Å². The van der Waals surface area contributed by atoms with E-state index in [4.69, 9.17) is 5.73 Å². The predicted molar refractivity (Wildman–Crippen MR) is 76.7 cm³/mol. The first-order chi connectivity index (χ1) is 9.70. The molecule has 0 aliphatic heterocycles. The fraction of sp³-hybridized carbons (Fsp3) is 0.500. The molecule has 20 heavy (non-hydrogen) atoms. The smallest absolute Gasteiger partial charge is 0.387 e. The Morgan fingerprint density at radius 3 is 2.60 bits per heavy atom. The minimum atomic E-state index is -2.81. The summed E-state index contributed by atoms with van der Waals surface area (Å²) in [6.07, 6.45) is 7.92. The minimum absolute atomic E-state index is 0.212. The van der Waals surface area contributed by atoms with E-state index in [1.807, 2.05) is 12.1 Å². The molecule has 4 heteroatoms. The number of para-hydroxylation sites is 1. The van der Waals surface area contributed by atoms with Crippen LogP contribution in [0.4, 0.5) is 8.78 Å². The van der Waals surface area contributed by atoms with E-state index in [0.717, 1.165) is 18.4 Å². The van der Waals surface area contributed by atoms with Gasteiger partial charge in [0.1, 0.15) is 5.75 Å². The molecule has 110 valence electrons. The van der Waals surface area contributed by atoms with Crippen LogP contribution >= 0.6 is 0 Å². The quantitative estimate of drug-likeness (QED) is 0.877. The maximum Gasteiger partial charge on any atom is 0.387 e. The molecule has 1 aromatic carbocycles. The van der Waals surface area contributed by atoms with E-state index in [2.05, 4.69) is 4.74 Å². The van der Waals surface area contributed by atoms with Gasteiger partial charge in [-0.1, -0.05) is 49.1 Å². The average Bonchev–Trinajstić information content (AvgIpc) is 2.46. The van der Waals surface area contributed by atoms with Gasteiger partial charge in [0.05, 0.1) is 0 Å². The van der Waals surface area contributed by atoms with E-state index < -0.39 is 6.61 Å². The molecule has 0 unspecified atom stereocenters. The van der Waals surface area contributed by atoms with Crippen LogP contribution in [0.3, 0.4) is 0 Å². The van der Waals surface area contributed by atoms with Crippen molar-refractivity contribution in [1.82, 2.24) is 0 Å². The molecule has 1 saturated carbocycles. The van der Waals surface area contributed by atoms with Crippen LogP contribution in [0.1, 0.15) is 37.7 Å². The van der Waals surface area contributed by atoms with Gasteiger partial charge in [-0.25, -0.2) is 0 Å². The van der Waals surface area contributed by atoms with E-state index in [1.165, 1.54) is 19.3 Å². The summed E-state index contributed by atoms with van der Waals surface area (Å²) in [7, 11) is 0. The fourth-order valence-electron chi connectivity index (χ4n) is 2.82. The van der Waals surface area contributed by atoms with Crippen molar-refractivity contribution in [2.75, 3.05) is 6.54 Å². The molecule has 0 atom stereocenters. The van der Waals surface area contributed by atoms with Gasteiger partial charge in [0.15, 0.2) is 0 Å². The maximum atomic E-state index is 12.4. The second kappa shape index (κ2) is 7.39. The van der Waals surface area contributed by atoms with Crippen LogP contribution in [0.2, 0.25) is 0 Å². The molecule has 1 aliphatic carbocycles. The Hall–Kier alpha value is -1.42. The standard InChI is InChI=1S/C16H21F2NO/c17-16(18)20-15-9-5-4-8-13(15)10-14(11-19)12-6-2-1-3-7-12/h4-5,8-10,12,16H,1-3,6-7,11,19H2/b14-10-. The maximum absolute atomic E-state index is 12.4. The van der Waals surface area contributed by atoms with E-state index in [-0.39, 0.29) is 5.75 Å². The van der Waals surface area contributed by atoms with Gasteiger partial charge >= 0.3 is 6.61 Å². The number of hydrogen-bond donors (Lipinski definition) is 1. The van der Waals surface area contributed by atoms with E-state index in [9.17, 15) is 8.78 Å². The molecular weight excluding hydrogens is 260 g/mol. The van der Waals surface area contributed by atoms with Crippen molar-refractivity contribution in [3.63, 3.8) is 0 Å². The van der Waals surface area contributed by atoms with Gasteiger partial charge in [0, 0.05) is 12.1 Å². The third kappa shape index (κ3) is 4.04. The Bertz CT molecular complexity index is 454. The van der Waals surface area contributed by atoms with Gasteiger partial charge in [-0.05, 0) is 24.8 Å². The molecule has 0 saturated heterocycles. The van der Waals surface area contributed by atoms with Crippen molar-refractivity contribution in [3.05, 3.63) is 35.4 Å². The average molecular weight is 281 g/mol. The SMILES string of the molecule is NC/C(=C/c1ccccc1OC(F)F)C1CCCCC1. The highest BCUT2D eigenvalue weighted by Crippen LogP contribution is 2.32. The highest BCUT2D eigenvalue weighted by molar-refractivity contribution is 5.60. The molecule has 2 nitrogen and oxygen atoms in total. The molecule has 0 radical (unpaired) electrons. The van der Waals surface area contributed by atoms with Gasteiger partial charge in [-0.2, -0.15) is 8.78 Å². The van der Waals surface area contributed by atoms with E-state index in [1.54, 1.807) is 18.2 Å². The molecule has 0 amide bonds. The summed E-state index contributed by atoms with van der Waals surface area (Å²) in [6.45, 7) is -2.34. The molecule has 2 rings (SSSR count). The predicted octanol–water partition coefficient (Wildman–Crippen LogP) is 4.21. The molecule has 0 spiro atoms. The van der Waals surface area contributed by atoms with Crippen molar-refractivity contribution < 1.29 is 13.5 Å². The normalized spacial score (nSPS) is 17.5. The number of hydrogen-bond acceptors (Lipinski definition) is 2. The van der Waals surface area contributed by atoms with Crippen molar-refractivity contribution in [1.29, 1.82) is 0 Å². The summed E-state index contributed by atoms with van der Waals surface area (Å²) in [5.74, 6) is 0.692. The van der Waals surface area contributed by atoms with Crippen LogP contribution < -0.4 is 10.5 Å². The topological polar surface area (TPSA) is 35.2 Å². The lowest BCUT2D eigenvalue weighted by atomic mass is 9.83. The molecule has 1 aliphatic rings. The molecule has 1 fully saturated rings. The Morgan fingerprint density at radius 2 is 1.95 bits per heavy atom. The first-order valence-corrected chi connectivity index (χ1v) is 7.15. The van der Waals surface area contributed by atoms with Crippen LogP contribution in [0.25, 0.3) is 6.08 Å². The number of nitrogens with two attached hydrogens (primary N) is 1. The monoisotopic (exact) mass is 281 g/mol. The van der Waals surface area contributed by atoms with Crippen molar-refractivity contribution in [2.45, 2.75) is 38.7 Å². The van der Waals surface area contributed by atoms with Crippen molar-refractivity contribution in [3.8, 4) is 5.75 Å². The van der Waals surface area contributed by atoms with Crippen LogP contribution in [0.5, 0.6) is 5.75 Å². The van der Waals surface area contributed by atoms with Crippen molar-refractivity contribution >= 4 is 6.08 Å². The third-order valence-electron chi connectivity index (χ3n) is 3.84. The van der Waals surface area contributed by atoms with Gasteiger partial charge in [0.25, 0.3) is 0 Å². The Kier molecular flexibility index (Phi) is 5.53. The molecule has 1 aromatic rings. The first kappa shape index (κ1) is 15.0. The van der Waals surface area contributed by atoms with Gasteiger partial charge in [0.2, 0.25) is 0 Å². The summed E-state index contributed by atoms with van der Waals surface area (Å²) in [5, 5.41) is 0. The van der Waals surface area contributed by atoms with Crippen LogP contribution in [-0.4, -0.2) is 13.2 Å². The molecular formula is C16H21F2NO. The van der Waals surface area contributed by atoms with Crippen molar-refractivity contribution in [2.24, 2.45) is 11.7 Å². The second-order valence-corrected chi connectivity index (χ2v) is 5.17. The van der Waals surface area contributed by atoms with E-state index >= 15 is 0 Å². The summed E-state index contributed by atoms with van der Waals surface area (Å²) in [5.41, 5.74) is 7.66. The van der Waals surface area contributed by atoms with Gasteiger partial charge in [-0.3, -0.25) is 0 Å². The Morgan fingerprint density at radius 1 is 1.25 bits per heavy atom. The minimum Gasteiger partial charge on any atom is -0.434 e. The zero-order chi connectivity index (χ0) is 14.4. The number of halogens is 2. The fourth-order valence-corrected chi connectivity index (χ4v) is 2.82. The summed E-state index contributed by atoms with van der Waals surface area (Å²) in [6, 6.07) is 6.86. The number of rotatable bonds is 5. The molecule has 0 bridgehead atoms. The largest absolute Gasteiger partial charge is 0.434 e. The van der Waals surface area contributed by atoms with Gasteiger partial charge < -0.3 is 10.5 Å². The molecule has 0 aromatic heterocycles. The summed E-state index contributed by atoms with van der Waals surface area (Å²) < 4.78 is 29.4. The zero-order valence-electron chi connectivity index (χ0n) is 11.5. The number of benzene rings is 1. The summed E-state index contributed by atoms with van der Waals surface area (Å²) >= 11 is 0. The van der Waals surface area contributed by atoms with Crippen LogP contribution in [0, 0.1) is 5.92 Å². The lowest BCUT2D eigenvalue weighted by molar-refractivity contribution is -0.0499. The third-order valence-corrected chi connectivity index (χ3v) is 3.84. The molecule has 0 heterocycles. The highest BCUT2D eigenvalue weighted by atomic mass is 19.3. The van der Waals surface area contributed by atoms with Crippen LogP contribution in [0.15, 0.2) is 29.8 Å².